The highest BCUT2D eigenvalue weighted by molar-refractivity contribution is 9.10. The van der Waals surface area contributed by atoms with Crippen molar-refractivity contribution in [1.29, 1.82) is 0 Å². The van der Waals surface area contributed by atoms with Crippen molar-refractivity contribution in [3.05, 3.63) is 33.8 Å². The summed E-state index contributed by atoms with van der Waals surface area (Å²) in [7, 11) is 1.56. The fraction of sp³-hybridized carbons (Fsp3) is 0.600. The Bertz CT molecular complexity index is 460. The minimum absolute atomic E-state index is 0.0167. The number of hydrogen-bond donors (Lipinski definition) is 1. The van der Waals surface area contributed by atoms with Crippen molar-refractivity contribution in [3.63, 3.8) is 0 Å². The average Bonchev–Trinajstić information content (AvgIpc) is 2.33. The summed E-state index contributed by atoms with van der Waals surface area (Å²) in [4.78, 5) is 0. The zero-order valence-corrected chi connectivity index (χ0v) is 14.1. The molecule has 2 unspecified atom stereocenters. The summed E-state index contributed by atoms with van der Waals surface area (Å²) in [5.74, 6) is -1.15. The van der Waals surface area contributed by atoms with Gasteiger partial charge in [0, 0.05) is 12.7 Å². The highest BCUT2D eigenvalue weighted by atomic mass is 79.9. The first kappa shape index (κ1) is 17.5. The lowest BCUT2D eigenvalue weighted by atomic mass is 9.81. The summed E-state index contributed by atoms with van der Waals surface area (Å²) < 4.78 is 34.2. The Kier molecular flexibility index (Phi) is 6.10. The molecule has 0 heterocycles. The van der Waals surface area contributed by atoms with Crippen molar-refractivity contribution in [2.75, 3.05) is 13.7 Å². The van der Waals surface area contributed by atoms with Gasteiger partial charge in [0.1, 0.15) is 11.6 Å². The molecule has 1 aromatic rings. The first-order valence-electron chi connectivity index (χ1n) is 6.63. The molecule has 0 spiro atoms. The lowest BCUT2D eigenvalue weighted by molar-refractivity contribution is -0.0132. The third-order valence-corrected chi connectivity index (χ3v) is 3.84. The van der Waals surface area contributed by atoms with Crippen molar-refractivity contribution >= 4 is 15.9 Å². The predicted molar refractivity (Wildman–Crippen MR) is 80.7 cm³/mol. The van der Waals surface area contributed by atoms with Gasteiger partial charge in [-0.15, -0.1) is 0 Å². The quantitative estimate of drug-likeness (QED) is 0.793. The Morgan fingerprint density at radius 2 is 1.90 bits per heavy atom. The Balaban J connectivity index is 3.37. The van der Waals surface area contributed by atoms with Crippen LogP contribution in [0.4, 0.5) is 8.78 Å². The van der Waals surface area contributed by atoms with Crippen LogP contribution in [0, 0.1) is 17.0 Å². The van der Waals surface area contributed by atoms with Gasteiger partial charge in [-0.25, -0.2) is 8.78 Å². The van der Waals surface area contributed by atoms with Crippen LogP contribution in [0.5, 0.6) is 0 Å². The minimum atomic E-state index is -0.581. The van der Waals surface area contributed by atoms with Gasteiger partial charge in [-0.1, -0.05) is 27.7 Å². The molecule has 0 amide bonds. The van der Waals surface area contributed by atoms with Gasteiger partial charge in [0.2, 0.25) is 0 Å². The maximum atomic E-state index is 14.3. The van der Waals surface area contributed by atoms with Crippen LogP contribution in [0.2, 0.25) is 0 Å². The molecule has 0 aliphatic heterocycles. The van der Waals surface area contributed by atoms with Crippen molar-refractivity contribution < 1.29 is 13.5 Å². The number of benzene rings is 1. The highest BCUT2D eigenvalue weighted by Gasteiger charge is 2.36. The summed E-state index contributed by atoms with van der Waals surface area (Å²) in [6.45, 7) is 8.44. The van der Waals surface area contributed by atoms with Gasteiger partial charge in [0.05, 0.1) is 16.6 Å². The minimum Gasteiger partial charge on any atom is -0.379 e. The summed E-state index contributed by atoms with van der Waals surface area (Å²) in [6, 6.07) is 2.08. The number of rotatable bonds is 5. The molecule has 5 heteroatoms. The fourth-order valence-corrected chi connectivity index (χ4v) is 2.74. The zero-order valence-electron chi connectivity index (χ0n) is 12.6. The van der Waals surface area contributed by atoms with E-state index in [1.165, 1.54) is 12.1 Å². The Morgan fingerprint density at radius 1 is 1.30 bits per heavy atom. The van der Waals surface area contributed by atoms with Gasteiger partial charge in [-0.2, -0.15) is 0 Å². The second kappa shape index (κ2) is 6.96. The molecule has 1 rings (SSSR count). The van der Waals surface area contributed by atoms with E-state index in [1.54, 1.807) is 7.11 Å². The third-order valence-electron chi connectivity index (χ3n) is 3.22. The average molecular weight is 350 g/mol. The topological polar surface area (TPSA) is 21.3 Å². The molecule has 0 aliphatic rings. The van der Waals surface area contributed by atoms with Gasteiger partial charge in [-0.3, -0.25) is 0 Å². The second-order valence-electron chi connectivity index (χ2n) is 5.81. The number of ether oxygens (including phenoxy) is 1. The molecular formula is C15H22BrF2NO. The van der Waals surface area contributed by atoms with E-state index in [4.69, 9.17) is 4.74 Å². The zero-order chi connectivity index (χ0) is 15.5. The van der Waals surface area contributed by atoms with Crippen LogP contribution in [0.1, 0.15) is 39.3 Å². The van der Waals surface area contributed by atoms with Gasteiger partial charge in [0.25, 0.3) is 0 Å². The predicted octanol–water partition coefficient (Wildman–Crippen LogP) is 4.44. The number of halogens is 3. The van der Waals surface area contributed by atoms with E-state index >= 15 is 0 Å². The second-order valence-corrected chi connectivity index (χ2v) is 6.67. The van der Waals surface area contributed by atoms with Crippen molar-refractivity contribution in [1.82, 2.24) is 5.32 Å². The van der Waals surface area contributed by atoms with Gasteiger partial charge < -0.3 is 10.1 Å². The lowest BCUT2D eigenvalue weighted by Gasteiger charge is -2.37. The molecule has 0 aromatic heterocycles. The Morgan fingerprint density at radius 3 is 2.35 bits per heavy atom. The van der Waals surface area contributed by atoms with Crippen LogP contribution < -0.4 is 5.32 Å². The Hall–Kier alpha value is -0.520. The number of hydrogen-bond acceptors (Lipinski definition) is 2. The molecule has 0 bridgehead atoms. The first-order chi connectivity index (χ1) is 9.23. The van der Waals surface area contributed by atoms with E-state index in [9.17, 15) is 8.78 Å². The maximum Gasteiger partial charge on any atom is 0.145 e. The largest absolute Gasteiger partial charge is 0.379 e. The molecule has 2 nitrogen and oxygen atoms in total. The monoisotopic (exact) mass is 349 g/mol. The van der Waals surface area contributed by atoms with Crippen molar-refractivity contribution in [2.45, 2.75) is 39.8 Å². The number of methoxy groups -OCH3 is 1. The molecule has 0 saturated heterocycles. The van der Waals surface area contributed by atoms with Gasteiger partial charge in [-0.05, 0) is 40.0 Å². The van der Waals surface area contributed by atoms with Crippen LogP contribution in [0.3, 0.4) is 0 Å². The molecule has 114 valence electrons. The van der Waals surface area contributed by atoms with Crippen LogP contribution in [-0.2, 0) is 4.74 Å². The van der Waals surface area contributed by atoms with Gasteiger partial charge in [0.15, 0.2) is 0 Å². The summed E-state index contributed by atoms with van der Waals surface area (Å²) in [5, 5.41) is 3.14. The molecule has 0 saturated carbocycles. The maximum absolute atomic E-state index is 14.3. The molecule has 0 radical (unpaired) electrons. The van der Waals surface area contributed by atoms with E-state index in [-0.39, 0.29) is 21.6 Å². The highest BCUT2D eigenvalue weighted by Crippen LogP contribution is 2.36. The van der Waals surface area contributed by atoms with Crippen molar-refractivity contribution in [2.24, 2.45) is 5.41 Å². The standard InChI is InChI=1S/C15H22BrF2NO/c1-6-19-13(14(20-5)15(2,3)4)11-10(17)8-7-9(16)12(11)18/h7-8,13-14,19H,6H2,1-5H3. The Labute approximate surface area is 128 Å². The molecule has 0 fully saturated rings. The molecule has 0 aliphatic carbocycles. The molecule has 2 atom stereocenters. The molecule has 20 heavy (non-hydrogen) atoms. The molecule has 1 aromatic carbocycles. The third kappa shape index (κ3) is 3.77. The fourth-order valence-electron chi connectivity index (χ4n) is 2.40. The summed E-state index contributed by atoms with van der Waals surface area (Å²) in [6.07, 6.45) is -0.360. The summed E-state index contributed by atoms with van der Waals surface area (Å²) in [5.41, 5.74) is -0.244. The smallest absolute Gasteiger partial charge is 0.145 e. The van der Waals surface area contributed by atoms with E-state index in [0.29, 0.717) is 6.54 Å². The van der Waals surface area contributed by atoms with Crippen LogP contribution in [-0.4, -0.2) is 19.8 Å². The van der Waals surface area contributed by atoms with Crippen LogP contribution >= 0.6 is 15.9 Å². The molecular weight excluding hydrogens is 328 g/mol. The van der Waals surface area contributed by atoms with E-state index in [1.807, 2.05) is 27.7 Å². The SMILES string of the molecule is CCNC(c1c(F)ccc(Br)c1F)C(OC)C(C)(C)C. The number of nitrogens with one attached hydrogen (secondary N) is 1. The number of likely N-dealkylation sites (N-methyl/N-ethyl adjacent to an activating group) is 1. The lowest BCUT2D eigenvalue weighted by Crippen LogP contribution is -2.42. The normalized spacial score (nSPS) is 15.2. The van der Waals surface area contributed by atoms with Crippen molar-refractivity contribution in [3.8, 4) is 0 Å². The van der Waals surface area contributed by atoms with Crippen LogP contribution in [0.15, 0.2) is 16.6 Å². The summed E-state index contributed by atoms with van der Waals surface area (Å²) >= 11 is 3.11. The van der Waals surface area contributed by atoms with E-state index in [0.717, 1.165) is 0 Å². The first-order valence-corrected chi connectivity index (χ1v) is 7.42. The van der Waals surface area contributed by atoms with E-state index in [2.05, 4.69) is 21.2 Å². The molecule has 1 N–H and O–H groups in total. The van der Waals surface area contributed by atoms with E-state index < -0.39 is 17.7 Å². The van der Waals surface area contributed by atoms with Crippen LogP contribution in [0.25, 0.3) is 0 Å². The van der Waals surface area contributed by atoms with Gasteiger partial charge >= 0.3 is 0 Å².